The van der Waals surface area contributed by atoms with Crippen LogP contribution in [-0.2, 0) is 21.4 Å². The largest absolute Gasteiger partial charge is 0.391 e. The Morgan fingerprint density at radius 3 is 2.47 bits per heavy atom. The fourth-order valence-electron chi connectivity index (χ4n) is 6.87. The molecule has 2 N–H and O–H groups in total. The first-order chi connectivity index (χ1) is 20.3. The summed E-state index contributed by atoms with van der Waals surface area (Å²) in [5.74, 6) is -1.68. The zero-order valence-electron chi connectivity index (χ0n) is 26.2. The van der Waals surface area contributed by atoms with Gasteiger partial charge in [0.25, 0.3) is 0 Å². The minimum absolute atomic E-state index is 0.0105. The highest BCUT2D eigenvalue weighted by atomic mass is 32.1. The summed E-state index contributed by atoms with van der Waals surface area (Å²) in [6.45, 7) is 14.4. The predicted octanol–water partition coefficient (Wildman–Crippen LogP) is 5.88. The van der Waals surface area contributed by atoms with Crippen molar-refractivity contribution in [1.82, 2.24) is 15.2 Å². The predicted molar refractivity (Wildman–Crippen MR) is 170 cm³/mol. The maximum absolute atomic E-state index is 14.1. The van der Waals surface area contributed by atoms with Crippen LogP contribution >= 0.6 is 11.3 Å². The monoisotopic (exact) mass is 601 g/mol. The Kier molecular flexibility index (Phi) is 8.65. The number of hydrogen-bond acceptors (Lipinski definition) is 6. The molecule has 2 heterocycles. The first-order valence-corrected chi connectivity index (χ1v) is 16.1. The zero-order valence-corrected chi connectivity index (χ0v) is 27.0. The molecule has 1 aliphatic heterocycles. The molecule has 1 saturated heterocycles. The van der Waals surface area contributed by atoms with Crippen LogP contribution in [-0.4, -0.2) is 51.3 Å². The number of thiazole rings is 1. The van der Waals surface area contributed by atoms with Crippen LogP contribution in [0, 0.1) is 24.7 Å². The van der Waals surface area contributed by atoms with Gasteiger partial charge >= 0.3 is 0 Å². The topological polar surface area (TPSA) is 99.6 Å². The van der Waals surface area contributed by atoms with E-state index < -0.39 is 24.0 Å². The third-order valence-corrected chi connectivity index (χ3v) is 10.0. The molecule has 0 bridgehead atoms. The summed E-state index contributed by atoms with van der Waals surface area (Å²) in [5, 5.41) is 13.8. The Labute approximate surface area is 258 Å². The van der Waals surface area contributed by atoms with E-state index in [4.69, 9.17) is 0 Å². The van der Waals surface area contributed by atoms with E-state index in [2.05, 4.69) is 49.3 Å². The number of nitrogens with zero attached hydrogens (tertiary/aromatic N) is 2. The quantitative estimate of drug-likeness (QED) is 0.352. The van der Waals surface area contributed by atoms with Crippen LogP contribution in [0.4, 0.5) is 0 Å². The lowest BCUT2D eigenvalue weighted by Gasteiger charge is -2.33. The number of likely N-dealkylation sites (tertiary alicyclic amines) is 1. The molecular weight excluding hydrogens is 558 g/mol. The molecule has 43 heavy (non-hydrogen) atoms. The summed E-state index contributed by atoms with van der Waals surface area (Å²) in [5.41, 5.74) is 7.56. The molecule has 0 saturated carbocycles. The smallest absolute Gasteiger partial charge is 0.243 e. The summed E-state index contributed by atoms with van der Waals surface area (Å²) >= 11 is 1.61. The number of fused-ring (bicyclic) bond motifs is 1. The van der Waals surface area contributed by atoms with E-state index in [1.165, 1.54) is 4.90 Å². The lowest BCUT2D eigenvalue weighted by Crippen LogP contribution is -2.50. The molecule has 5 unspecified atom stereocenters. The Bertz CT molecular complexity index is 1540. The fraction of sp³-hybridized carbons (Fsp3) is 0.486. The molecule has 2 amide bonds. The number of carbonyl (C=O) groups excluding carboxylic acids is 3. The Hall–Kier alpha value is -3.36. The maximum Gasteiger partial charge on any atom is 0.243 e. The molecule has 2 aromatic carbocycles. The average molecular weight is 602 g/mol. The lowest BCUT2D eigenvalue weighted by molar-refractivity contribution is -0.144. The van der Waals surface area contributed by atoms with E-state index in [1.807, 2.05) is 57.5 Å². The first kappa shape index (κ1) is 31.1. The molecule has 1 aromatic heterocycles. The Balaban J connectivity index is 1.37. The van der Waals surface area contributed by atoms with Crippen molar-refractivity contribution in [1.29, 1.82) is 0 Å². The summed E-state index contributed by atoms with van der Waals surface area (Å²) in [6, 6.07) is 12.8. The molecule has 3 aromatic rings. The molecular formula is C35H43N3O4S. The SMILES string of the molecule is Cc1ncsc1-c1ccc(C(C)NC(=O)C2CC(O)CN2C(=O)C(C(C)C)C2Cc3ccccc3C2=O)c(C(C)(C)C)c1. The third kappa shape index (κ3) is 6.04. The van der Waals surface area contributed by atoms with Crippen LogP contribution in [0.3, 0.4) is 0 Å². The summed E-state index contributed by atoms with van der Waals surface area (Å²) in [4.78, 5) is 48.4. The van der Waals surface area contributed by atoms with Crippen molar-refractivity contribution >= 4 is 28.9 Å². The van der Waals surface area contributed by atoms with Gasteiger partial charge in [0.05, 0.1) is 34.1 Å². The van der Waals surface area contributed by atoms with Crippen molar-refractivity contribution < 1.29 is 19.5 Å². The molecule has 0 spiro atoms. The maximum atomic E-state index is 14.1. The number of aryl methyl sites for hydroxylation is 1. The van der Waals surface area contributed by atoms with Crippen molar-refractivity contribution in [2.24, 2.45) is 17.8 Å². The van der Waals surface area contributed by atoms with Crippen LogP contribution in [0.2, 0.25) is 0 Å². The third-order valence-electron chi connectivity index (χ3n) is 9.06. The molecule has 0 radical (unpaired) electrons. The van der Waals surface area contributed by atoms with E-state index in [1.54, 1.807) is 11.3 Å². The van der Waals surface area contributed by atoms with Gasteiger partial charge < -0.3 is 15.3 Å². The number of β-amino-alcohol motifs (C(OH)–C–C–N with tert-alkyl or cyclic N) is 1. The first-order valence-electron chi connectivity index (χ1n) is 15.2. The van der Waals surface area contributed by atoms with E-state index in [0.717, 1.165) is 32.8 Å². The number of rotatable bonds is 7. The Morgan fingerprint density at radius 2 is 1.84 bits per heavy atom. The van der Waals surface area contributed by atoms with Gasteiger partial charge in [-0.05, 0) is 59.9 Å². The van der Waals surface area contributed by atoms with Crippen LogP contribution in [0.25, 0.3) is 10.4 Å². The number of nitrogens with one attached hydrogen (secondary N) is 1. The van der Waals surface area contributed by atoms with Gasteiger partial charge in [-0.25, -0.2) is 4.98 Å². The van der Waals surface area contributed by atoms with Crippen LogP contribution in [0.5, 0.6) is 0 Å². The van der Waals surface area contributed by atoms with Gasteiger partial charge in [0.2, 0.25) is 11.8 Å². The second-order valence-corrected chi connectivity index (χ2v) is 14.4. The average Bonchev–Trinajstić information content (AvgIpc) is 3.65. The molecule has 2 aliphatic rings. The van der Waals surface area contributed by atoms with Crippen molar-refractivity contribution in [2.45, 2.75) is 84.9 Å². The normalized spacial score (nSPS) is 21.7. The fourth-order valence-corrected chi connectivity index (χ4v) is 7.67. The number of aromatic nitrogens is 1. The van der Waals surface area contributed by atoms with Gasteiger partial charge in [0.1, 0.15) is 6.04 Å². The molecule has 7 nitrogen and oxygen atoms in total. The number of ketones is 1. The van der Waals surface area contributed by atoms with Gasteiger partial charge in [0, 0.05) is 24.4 Å². The second-order valence-electron chi connectivity index (χ2n) is 13.5. The minimum Gasteiger partial charge on any atom is -0.391 e. The highest BCUT2D eigenvalue weighted by Gasteiger charge is 2.47. The number of hydrogen-bond donors (Lipinski definition) is 2. The van der Waals surface area contributed by atoms with Crippen molar-refractivity contribution in [3.63, 3.8) is 0 Å². The molecule has 5 atom stereocenters. The van der Waals surface area contributed by atoms with E-state index in [0.29, 0.717) is 12.0 Å². The molecule has 1 fully saturated rings. The van der Waals surface area contributed by atoms with Gasteiger partial charge in [-0.1, -0.05) is 71.0 Å². The number of aliphatic hydroxyl groups is 1. The summed E-state index contributed by atoms with van der Waals surface area (Å²) < 4.78 is 0. The van der Waals surface area contributed by atoms with E-state index >= 15 is 0 Å². The zero-order chi connectivity index (χ0) is 31.2. The highest BCUT2D eigenvalue weighted by molar-refractivity contribution is 7.13. The van der Waals surface area contributed by atoms with E-state index in [-0.39, 0.29) is 47.9 Å². The Morgan fingerprint density at radius 1 is 1.12 bits per heavy atom. The van der Waals surface area contributed by atoms with Gasteiger partial charge in [-0.2, -0.15) is 0 Å². The van der Waals surface area contributed by atoms with E-state index in [9.17, 15) is 19.5 Å². The lowest BCUT2D eigenvalue weighted by atomic mass is 9.79. The number of aliphatic hydroxyl groups excluding tert-OH is 1. The number of carbonyl (C=O) groups is 3. The van der Waals surface area contributed by atoms with Crippen molar-refractivity contribution in [2.75, 3.05) is 6.54 Å². The minimum atomic E-state index is -0.803. The standard InChI is InChI=1S/C35H43N3O4S/c1-19(2)30(27-14-22-10-8-9-11-26(22)31(27)40)34(42)38-17-24(39)16-29(38)33(41)37-20(3)25-13-12-23(15-28(25)35(5,6)7)32-21(4)36-18-43-32/h8-13,15,18-20,24,27,29-30,39H,14,16-17H2,1-7H3,(H,37,41). The summed E-state index contributed by atoms with van der Waals surface area (Å²) in [7, 11) is 0. The molecule has 8 heteroatoms. The number of benzene rings is 2. The van der Waals surface area contributed by atoms with Crippen LogP contribution in [0.15, 0.2) is 48.0 Å². The van der Waals surface area contributed by atoms with Crippen LogP contribution in [0.1, 0.15) is 86.7 Å². The molecule has 5 rings (SSSR count). The molecule has 1 aliphatic carbocycles. The number of amides is 2. The number of Topliss-reactive ketones (excluding diaryl/α,β-unsaturated/α-hetero) is 1. The van der Waals surface area contributed by atoms with Gasteiger partial charge in [-0.3, -0.25) is 14.4 Å². The second kappa shape index (κ2) is 12.0. The van der Waals surface area contributed by atoms with Crippen LogP contribution < -0.4 is 5.32 Å². The van der Waals surface area contributed by atoms with Crippen molar-refractivity contribution in [3.8, 4) is 10.4 Å². The van der Waals surface area contributed by atoms with Gasteiger partial charge in [0.15, 0.2) is 5.78 Å². The molecule has 228 valence electrons. The van der Waals surface area contributed by atoms with Gasteiger partial charge in [-0.15, -0.1) is 11.3 Å². The highest BCUT2D eigenvalue weighted by Crippen LogP contribution is 2.38. The summed E-state index contributed by atoms with van der Waals surface area (Å²) in [6.07, 6.45) is -0.115. The van der Waals surface area contributed by atoms with Crippen molar-refractivity contribution in [3.05, 3.63) is 75.9 Å².